The second-order valence-electron chi connectivity index (χ2n) is 7.99. The Morgan fingerprint density at radius 1 is 0.971 bits per heavy atom. The molecule has 1 aromatic heterocycles. The van der Waals surface area contributed by atoms with Crippen LogP contribution < -0.4 is 19.1 Å². The Labute approximate surface area is 211 Å². The second kappa shape index (κ2) is 9.46. The zero-order valence-electron chi connectivity index (χ0n) is 19.5. The maximum Gasteiger partial charge on any atom is 0.277 e. The molecular formula is C27H24BrN3O4. The summed E-state index contributed by atoms with van der Waals surface area (Å²) < 4.78 is 17.5. The van der Waals surface area contributed by atoms with Crippen LogP contribution in [0.2, 0.25) is 0 Å². The van der Waals surface area contributed by atoms with Crippen LogP contribution in [0.3, 0.4) is 0 Å². The van der Waals surface area contributed by atoms with E-state index >= 15 is 0 Å². The van der Waals surface area contributed by atoms with Crippen LogP contribution in [0.5, 0.6) is 17.2 Å². The van der Waals surface area contributed by atoms with Crippen molar-refractivity contribution in [2.75, 3.05) is 25.7 Å². The lowest BCUT2D eigenvalue weighted by Gasteiger charge is -2.27. The fourth-order valence-corrected chi connectivity index (χ4v) is 4.71. The van der Waals surface area contributed by atoms with Crippen molar-refractivity contribution in [1.82, 2.24) is 10.2 Å². The summed E-state index contributed by atoms with van der Waals surface area (Å²) in [5, 5.41) is 7.55. The van der Waals surface area contributed by atoms with E-state index in [0.717, 1.165) is 38.3 Å². The highest BCUT2D eigenvalue weighted by atomic mass is 79.9. The van der Waals surface area contributed by atoms with Gasteiger partial charge in [0.1, 0.15) is 11.4 Å². The fraction of sp³-hybridized carbons (Fsp3) is 0.185. The minimum atomic E-state index is -0.418. The molecule has 8 heteroatoms. The molecule has 0 radical (unpaired) electrons. The van der Waals surface area contributed by atoms with Crippen molar-refractivity contribution >= 4 is 27.5 Å². The highest BCUT2D eigenvalue weighted by Gasteiger charge is 2.43. The number of fused-ring (bicyclic) bond motifs is 1. The Morgan fingerprint density at radius 3 is 2.34 bits per heavy atom. The number of aromatic amines is 1. The third kappa shape index (κ3) is 4.04. The smallest absolute Gasteiger partial charge is 0.277 e. The van der Waals surface area contributed by atoms with Gasteiger partial charge in [0.2, 0.25) is 0 Å². The predicted molar refractivity (Wildman–Crippen MR) is 138 cm³/mol. The van der Waals surface area contributed by atoms with E-state index in [-0.39, 0.29) is 5.91 Å². The summed E-state index contributed by atoms with van der Waals surface area (Å²) in [6.45, 7) is 2.54. The number of aromatic nitrogens is 2. The van der Waals surface area contributed by atoms with Gasteiger partial charge in [-0.05, 0) is 73.2 Å². The van der Waals surface area contributed by atoms with Crippen molar-refractivity contribution in [3.8, 4) is 28.5 Å². The lowest BCUT2D eigenvalue weighted by molar-refractivity contribution is 0.0988. The van der Waals surface area contributed by atoms with E-state index in [1.807, 2.05) is 73.7 Å². The maximum atomic E-state index is 13.7. The Balaban J connectivity index is 1.68. The number of nitrogens with zero attached hydrogens (tertiary/aromatic N) is 2. The zero-order chi connectivity index (χ0) is 24.5. The topological polar surface area (TPSA) is 76.7 Å². The minimum absolute atomic E-state index is 0.146. The number of carbonyl (C=O) groups is 1. The number of carbonyl (C=O) groups excluding carboxylic acids is 1. The molecule has 1 amide bonds. The predicted octanol–water partition coefficient (Wildman–Crippen LogP) is 6.00. The summed E-state index contributed by atoms with van der Waals surface area (Å²) in [5.74, 6) is 1.85. The van der Waals surface area contributed by atoms with Gasteiger partial charge >= 0.3 is 0 Å². The zero-order valence-corrected chi connectivity index (χ0v) is 21.1. The summed E-state index contributed by atoms with van der Waals surface area (Å²) >= 11 is 3.48. The molecule has 0 spiro atoms. The Bertz CT molecular complexity index is 1370. The van der Waals surface area contributed by atoms with Crippen LogP contribution in [0.15, 0.2) is 71.2 Å². The van der Waals surface area contributed by atoms with Gasteiger partial charge < -0.3 is 14.2 Å². The summed E-state index contributed by atoms with van der Waals surface area (Å²) in [6, 6.07) is 20.7. The van der Waals surface area contributed by atoms with Gasteiger partial charge in [-0.25, -0.2) is 0 Å². The highest BCUT2D eigenvalue weighted by Crippen LogP contribution is 2.46. The van der Waals surface area contributed by atoms with Crippen LogP contribution in [-0.2, 0) is 0 Å². The summed E-state index contributed by atoms with van der Waals surface area (Å²) in [5.41, 5.74) is 4.55. The Hall–Kier alpha value is -3.78. The SMILES string of the molecule is CCOc1ccc(-c2n[nH]c3c2[C@H](c2ccc(OC)c(OC)c2)N(c2ccc(Br)cc2)C3=O)cc1. The van der Waals surface area contributed by atoms with E-state index in [0.29, 0.717) is 23.8 Å². The number of methoxy groups -OCH3 is 2. The van der Waals surface area contributed by atoms with E-state index < -0.39 is 6.04 Å². The molecule has 0 bridgehead atoms. The lowest BCUT2D eigenvalue weighted by atomic mass is 9.95. The standard InChI is InChI=1S/C27H24BrN3O4/c1-4-35-20-12-5-16(6-13-20)24-23-25(30-29-24)27(32)31(19-10-8-18(28)9-11-19)26(23)17-7-14-21(33-2)22(15-17)34-3/h5-15,26H,4H2,1-3H3,(H,29,30)/t26-/m0/s1. The lowest BCUT2D eigenvalue weighted by Crippen LogP contribution is -2.29. The number of hydrogen-bond acceptors (Lipinski definition) is 5. The van der Waals surface area contributed by atoms with Gasteiger partial charge in [0.05, 0.1) is 32.6 Å². The number of benzene rings is 3. The van der Waals surface area contributed by atoms with Gasteiger partial charge in [0, 0.05) is 21.3 Å². The van der Waals surface area contributed by atoms with Crippen molar-refractivity contribution in [2.45, 2.75) is 13.0 Å². The molecule has 4 aromatic rings. The summed E-state index contributed by atoms with van der Waals surface area (Å²) in [6.07, 6.45) is 0. The van der Waals surface area contributed by atoms with Gasteiger partial charge in [-0.15, -0.1) is 0 Å². The Morgan fingerprint density at radius 2 is 1.69 bits per heavy atom. The van der Waals surface area contributed by atoms with E-state index in [2.05, 4.69) is 26.1 Å². The average Bonchev–Trinajstić information content (AvgIpc) is 3.44. The van der Waals surface area contributed by atoms with Crippen molar-refractivity contribution in [3.05, 3.63) is 88.0 Å². The minimum Gasteiger partial charge on any atom is -0.494 e. The summed E-state index contributed by atoms with van der Waals surface area (Å²) in [4.78, 5) is 15.5. The number of amides is 1. The average molecular weight is 534 g/mol. The first-order valence-electron chi connectivity index (χ1n) is 11.2. The van der Waals surface area contributed by atoms with Crippen molar-refractivity contribution in [2.24, 2.45) is 0 Å². The third-order valence-corrected chi connectivity index (χ3v) is 6.56. The molecule has 0 saturated carbocycles. The van der Waals surface area contributed by atoms with Crippen LogP contribution in [0.25, 0.3) is 11.3 Å². The van der Waals surface area contributed by atoms with Crippen LogP contribution in [-0.4, -0.2) is 36.9 Å². The molecule has 1 aliphatic heterocycles. The number of anilines is 1. The highest BCUT2D eigenvalue weighted by molar-refractivity contribution is 9.10. The Kier molecular flexibility index (Phi) is 6.21. The quantitative estimate of drug-likeness (QED) is 0.315. The van der Waals surface area contributed by atoms with Gasteiger partial charge in [-0.2, -0.15) is 5.10 Å². The second-order valence-corrected chi connectivity index (χ2v) is 8.90. The molecule has 7 nitrogen and oxygen atoms in total. The van der Waals surface area contributed by atoms with E-state index in [1.54, 1.807) is 19.1 Å². The molecular weight excluding hydrogens is 510 g/mol. The molecule has 0 fully saturated rings. The normalized spacial score (nSPS) is 14.7. The number of ether oxygens (including phenoxy) is 3. The molecule has 0 aliphatic carbocycles. The van der Waals surface area contributed by atoms with Gasteiger partial charge in [-0.1, -0.05) is 22.0 Å². The van der Waals surface area contributed by atoms with Crippen LogP contribution in [0.4, 0.5) is 5.69 Å². The monoisotopic (exact) mass is 533 g/mol. The van der Waals surface area contributed by atoms with Crippen molar-refractivity contribution < 1.29 is 19.0 Å². The molecule has 1 aliphatic rings. The van der Waals surface area contributed by atoms with E-state index in [4.69, 9.17) is 14.2 Å². The number of H-pyrrole nitrogens is 1. The molecule has 35 heavy (non-hydrogen) atoms. The van der Waals surface area contributed by atoms with E-state index in [9.17, 15) is 4.79 Å². The molecule has 0 unspecified atom stereocenters. The first-order valence-corrected chi connectivity index (χ1v) is 12.0. The number of nitrogens with one attached hydrogen (secondary N) is 1. The first kappa shape index (κ1) is 23.0. The fourth-order valence-electron chi connectivity index (χ4n) is 4.45. The van der Waals surface area contributed by atoms with Crippen molar-refractivity contribution in [3.63, 3.8) is 0 Å². The molecule has 1 N–H and O–H groups in total. The number of hydrogen-bond donors (Lipinski definition) is 1. The molecule has 0 saturated heterocycles. The van der Waals surface area contributed by atoms with Crippen LogP contribution >= 0.6 is 15.9 Å². The number of halogens is 1. The molecule has 1 atom stereocenters. The number of rotatable bonds is 7. The summed E-state index contributed by atoms with van der Waals surface area (Å²) in [7, 11) is 3.20. The maximum absolute atomic E-state index is 13.7. The van der Waals surface area contributed by atoms with Gasteiger partial charge in [0.25, 0.3) is 5.91 Å². The van der Waals surface area contributed by atoms with Crippen LogP contribution in [0.1, 0.15) is 34.6 Å². The molecule has 2 heterocycles. The molecule has 3 aromatic carbocycles. The van der Waals surface area contributed by atoms with Crippen molar-refractivity contribution in [1.29, 1.82) is 0 Å². The van der Waals surface area contributed by atoms with Gasteiger partial charge in [-0.3, -0.25) is 14.8 Å². The molecule has 5 rings (SSSR count). The largest absolute Gasteiger partial charge is 0.494 e. The van der Waals surface area contributed by atoms with E-state index in [1.165, 1.54) is 0 Å². The first-order chi connectivity index (χ1) is 17.0. The van der Waals surface area contributed by atoms with Gasteiger partial charge in [0.15, 0.2) is 11.5 Å². The molecule has 178 valence electrons. The third-order valence-electron chi connectivity index (χ3n) is 6.04. The van der Waals surface area contributed by atoms with Crippen LogP contribution in [0, 0.1) is 0 Å².